The molecule has 108 valence electrons. The first kappa shape index (κ1) is 14.9. The Labute approximate surface area is 123 Å². The number of rotatable bonds is 2. The van der Waals surface area contributed by atoms with Gasteiger partial charge in [-0.2, -0.15) is 0 Å². The summed E-state index contributed by atoms with van der Waals surface area (Å²) in [6, 6.07) is 4.26. The summed E-state index contributed by atoms with van der Waals surface area (Å²) in [5, 5.41) is 0. The maximum Gasteiger partial charge on any atom is 0.254 e. The summed E-state index contributed by atoms with van der Waals surface area (Å²) in [5.74, 6) is -0.369. The van der Waals surface area contributed by atoms with Gasteiger partial charge in [0.1, 0.15) is 5.82 Å². The van der Waals surface area contributed by atoms with Crippen LogP contribution >= 0.6 is 12.2 Å². The van der Waals surface area contributed by atoms with Crippen molar-refractivity contribution in [3.63, 3.8) is 0 Å². The zero-order valence-corrected chi connectivity index (χ0v) is 12.6. The summed E-state index contributed by atoms with van der Waals surface area (Å²) in [7, 11) is 0. The molecule has 1 aliphatic heterocycles. The lowest BCUT2D eigenvalue weighted by atomic mass is 9.80. The van der Waals surface area contributed by atoms with Crippen LogP contribution in [0.5, 0.6) is 0 Å². The zero-order valence-electron chi connectivity index (χ0n) is 11.8. The Balaban J connectivity index is 2.11. The molecule has 5 heteroatoms. The highest BCUT2D eigenvalue weighted by molar-refractivity contribution is 7.80. The highest BCUT2D eigenvalue weighted by Crippen LogP contribution is 2.31. The number of hydrogen-bond acceptors (Lipinski definition) is 2. The van der Waals surface area contributed by atoms with Crippen molar-refractivity contribution in [2.45, 2.75) is 26.7 Å². The van der Waals surface area contributed by atoms with Gasteiger partial charge in [0.15, 0.2) is 0 Å². The molecule has 0 bridgehead atoms. The highest BCUT2D eigenvalue weighted by atomic mass is 32.1. The van der Waals surface area contributed by atoms with Crippen LogP contribution in [-0.4, -0.2) is 28.9 Å². The molecular formula is C15H19FN2OS. The van der Waals surface area contributed by atoms with Crippen LogP contribution in [0.25, 0.3) is 0 Å². The van der Waals surface area contributed by atoms with Gasteiger partial charge in [-0.1, -0.05) is 19.1 Å². The second-order valence-electron chi connectivity index (χ2n) is 5.68. The van der Waals surface area contributed by atoms with Crippen LogP contribution in [0.4, 0.5) is 4.39 Å². The number of carbonyl (C=O) groups is 1. The fraction of sp³-hybridized carbons (Fsp3) is 0.467. The minimum absolute atomic E-state index is 0.0486. The standard InChI is InChI=1S/C15H19FN2OS/c1-10-9-11(16)3-4-12(10)13(19)18-7-5-15(2,6-8-18)14(17)20/h3-4,9H,5-8H2,1-2H3,(H2,17,20). The predicted octanol–water partition coefficient (Wildman–Crippen LogP) is 2.66. The second-order valence-corrected chi connectivity index (χ2v) is 6.12. The normalized spacial score (nSPS) is 17.9. The van der Waals surface area contributed by atoms with Crippen molar-refractivity contribution in [2.24, 2.45) is 11.1 Å². The maximum absolute atomic E-state index is 13.1. The first-order valence-corrected chi connectivity index (χ1v) is 7.10. The number of halogens is 1. The third-order valence-electron chi connectivity index (χ3n) is 4.17. The minimum atomic E-state index is -0.321. The molecule has 0 aromatic heterocycles. The van der Waals surface area contributed by atoms with Crippen LogP contribution < -0.4 is 5.73 Å². The van der Waals surface area contributed by atoms with E-state index in [-0.39, 0.29) is 17.1 Å². The average molecular weight is 294 g/mol. The van der Waals surface area contributed by atoms with Crippen molar-refractivity contribution in [1.82, 2.24) is 4.90 Å². The van der Waals surface area contributed by atoms with Gasteiger partial charge in [0.25, 0.3) is 5.91 Å². The Bertz CT molecular complexity index is 551. The van der Waals surface area contributed by atoms with E-state index >= 15 is 0 Å². The molecule has 0 saturated carbocycles. The van der Waals surface area contributed by atoms with Gasteiger partial charge in [-0.3, -0.25) is 4.79 Å². The number of thiocarbonyl (C=S) groups is 1. The van der Waals surface area contributed by atoms with Gasteiger partial charge < -0.3 is 10.6 Å². The van der Waals surface area contributed by atoms with Crippen molar-refractivity contribution in [1.29, 1.82) is 0 Å². The van der Waals surface area contributed by atoms with Gasteiger partial charge in [0, 0.05) is 24.1 Å². The second kappa shape index (κ2) is 5.48. The number of amides is 1. The highest BCUT2D eigenvalue weighted by Gasteiger charge is 2.34. The van der Waals surface area contributed by atoms with E-state index < -0.39 is 0 Å². The SMILES string of the molecule is Cc1cc(F)ccc1C(=O)N1CCC(C)(C(N)=S)CC1. The Morgan fingerprint density at radius 1 is 1.40 bits per heavy atom. The monoisotopic (exact) mass is 294 g/mol. The molecule has 1 aromatic carbocycles. The van der Waals surface area contributed by atoms with E-state index in [1.54, 1.807) is 17.9 Å². The number of nitrogens with two attached hydrogens (primary N) is 1. The lowest BCUT2D eigenvalue weighted by Crippen LogP contribution is -2.46. The molecule has 1 aliphatic rings. The van der Waals surface area contributed by atoms with Gasteiger partial charge in [-0.25, -0.2) is 4.39 Å². The first-order valence-electron chi connectivity index (χ1n) is 6.69. The van der Waals surface area contributed by atoms with Crippen LogP contribution in [0, 0.1) is 18.2 Å². The van der Waals surface area contributed by atoms with Crippen molar-refractivity contribution in [3.05, 3.63) is 35.1 Å². The number of piperidine rings is 1. The van der Waals surface area contributed by atoms with Crippen molar-refractivity contribution in [2.75, 3.05) is 13.1 Å². The molecule has 0 radical (unpaired) electrons. The fourth-order valence-electron chi connectivity index (χ4n) is 2.49. The van der Waals surface area contributed by atoms with E-state index in [4.69, 9.17) is 18.0 Å². The molecule has 1 heterocycles. The molecule has 2 rings (SSSR count). The van der Waals surface area contributed by atoms with Crippen LogP contribution in [-0.2, 0) is 0 Å². The van der Waals surface area contributed by atoms with Gasteiger partial charge in [0.05, 0.1) is 4.99 Å². The summed E-state index contributed by atoms with van der Waals surface area (Å²) in [6.45, 7) is 5.05. The number of benzene rings is 1. The molecule has 0 spiro atoms. The molecule has 3 nitrogen and oxygen atoms in total. The summed E-state index contributed by atoms with van der Waals surface area (Å²) >= 11 is 5.09. The van der Waals surface area contributed by atoms with E-state index in [0.717, 1.165) is 12.8 Å². The maximum atomic E-state index is 13.1. The molecule has 0 unspecified atom stereocenters. The van der Waals surface area contributed by atoms with Crippen LogP contribution in [0.3, 0.4) is 0 Å². The Hall–Kier alpha value is -1.49. The summed E-state index contributed by atoms with van der Waals surface area (Å²) in [6.07, 6.45) is 1.54. The van der Waals surface area contributed by atoms with Crippen molar-refractivity contribution in [3.8, 4) is 0 Å². The third-order valence-corrected chi connectivity index (χ3v) is 4.66. The van der Waals surface area contributed by atoms with E-state index in [1.807, 2.05) is 6.92 Å². The van der Waals surface area contributed by atoms with E-state index in [9.17, 15) is 9.18 Å². The fourth-order valence-corrected chi connectivity index (χ4v) is 2.69. The number of likely N-dealkylation sites (tertiary alicyclic amines) is 1. The van der Waals surface area contributed by atoms with Crippen molar-refractivity contribution < 1.29 is 9.18 Å². The van der Waals surface area contributed by atoms with E-state index in [2.05, 4.69) is 0 Å². The zero-order chi connectivity index (χ0) is 14.9. The molecule has 1 fully saturated rings. The predicted molar refractivity (Wildman–Crippen MR) is 81.2 cm³/mol. The summed E-state index contributed by atoms with van der Waals surface area (Å²) in [5.41, 5.74) is 6.82. The first-order chi connectivity index (χ1) is 9.33. The number of carbonyl (C=O) groups excluding carboxylic acids is 1. The van der Waals surface area contributed by atoms with Crippen LogP contribution in [0.15, 0.2) is 18.2 Å². The van der Waals surface area contributed by atoms with Gasteiger partial charge in [-0.15, -0.1) is 0 Å². The summed E-state index contributed by atoms with van der Waals surface area (Å²) in [4.78, 5) is 14.8. The van der Waals surface area contributed by atoms with Gasteiger partial charge in [0.2, 0.25) is 0 Å². The number of aryl methyl sites for hydroxylation is 1. The summed E-state index contributed by atoms with van der Waals surface area (Å²) < 4.78 is 13.1. The molecule has 2 N–H and O–H groups in total. The molecule has 0 atom stereocenters. The minimum Gasteiger partial charge on any atom is -0.393 e. The molecule has 0 aliphatic carbocycles. The molecule has 1 aromatic rings. The quantitative estimate of drug-likeness (QED) is 0.853. The molecule has 20 heavy (non-hydrogen) atoms. The van der Waals surface area contributed by atoms with Crippen molar-refractivity contribution >= 4 is 23.1 Å². The Morgan fingerprint density at radius 2 is 2.00 bits per heavy atom. The lowest BCUT2D eigenvalue weighted by molar-refractivity contribution is 0.0669. The Morgan fingerprint density at radius 3 is 2.50 bits per heavy atom. The van der Waals surface area contributed by atoms with E-state index in [1.165, 1.54) is 12.1 Å². The van der Waals surface area contributed by atoms with Gasteiger partial charge in [-0.05, 0) is 43.5 Å². The van der Waals surface area contributed by atoms with Gasteiger partial charge >= 0.3 is 0 Å². The van der Waals surface area contributed by atoms with Crippen LogP contribution in [0.2, 0.25) is 0 Å². The van der Waals surface area contributed by atoms with Crippen LogP contribution in [0.1, 0.15) is 35.7 Å². The third kappa shape index (κ3) is 2.82. The molecule has 1 saturated heterocycles. The number of hydrogen-bond donors (Lipinski definition) is 1. The van der Waals surface area contributed by atoms with E-state index in [0.29, 0.717) is 29.2 Å². The molecule has 1 amide bonds. The smallest absolute Gasteiger partial charge is 0.254 e. The number of nitrogens with zero attached hydrogens (tertiary/aromatic N) is 1. The molecular weight excluding hydrogens is 275 g/mol. The Kier molecular flexibility index (Phi) is 4.09. The average Bonchev–Trinajstić information content (AvgIpc) is 2.38. The topological polar surface area (TPSA) is 46.3 Å². The largest absolute Gasteiger partial charge is 0.393 e. The lowest BCUT2D eigenvalue weighted by Gasteiger charge is -2.38.